The second-order valence-corrected chi connectivity index (χ2v) is 12.4. The number of rotatable bonds is 8. The molecule has 0 saturated carbocycles. The second-order valence-electron chi connectivity index (χ2n) is 12.4. The Labute approximate surface area is 306 Å². The van der Waals surface area contributed by atoms with E-state index in [1.165, 1.54) is 0 Å². The minimum atomic E-state index is 0.409. The van der Waals surface area contributed by atoms with Crippen LogP contribution < -0.4 is 14.8 Å². The fraction of sp³-hybridized carbons (Fsp3) is 0. The number of aromatic nitrogens is 4. The maximum atomic E-state index is 9.17. The molecule has 8 aromatic rings. The monoisotopic (exact) mass is 686 g/mol. The van der Waals surface area contributed by atoms with Crippen molar-refractivity contribution in [2.24, 2.45) is 0 Å². The Morgan fingerprint density at radius 1 is 0.453 bits per heavy atom. The number of benzene rings is 6. The summed E-state index contributed by atoms with van der Waals surface area (Å²) < 4.78 is 12.8. The van der Waals surface area contributed by atoms with Crippen LogP contribution in [0.4, 0.5) is 11.4 Å². The van der Waals surface area contributed by atoms with Crippen LogP contribution in [-0.2, 0) is 0 Å². The number of hydrogen-bond donors (Lipinski definition) is 2. The van der Waals surface area contributed by atoms with Crippen LogP contribution in [0.1, 0.15) is 11.1 Å². The number of hydrogen-bond acceptors (Lipinski definition) is 8. The Morgan fingerprint density at radius 2 is 0.981 bits per heavy atom. The number of pyridine rings is 1. The molecule has 53 heavy (non-hydrogen) atoms. The predicted molar refractivity (Wildman–Crippen MR) is 208 cm³/mol. The highest BCUT2D eigenvalue weighted by molar-refractivity contribution is 6.14. The van der Waals surface area contributed by atoms with Crippen molar-refractivity contribution >= 4 is 17.1 Å². The molecule has 1 aliphatic heterocycles. The van der Waals surface area contributed by atoms with Crippen LogP contribution in [-0.4, -0.2) is 25.6 Å². The third-order valence-electron chi connectivity index (χ3n) is 8.93. The molecule has 0 amide bonds. The first kappa shape index (κ1) is 31.5. The molecule has 2 aromatic heterocycles. The molecule has 2 N–H and O–H groups in total. The Kier molecular flexibility index (Phi) is 8.15. The predicted octanol–water partition coefficient (Wildman–Crippen LogP) is 11.0. The largest absolute Gasteiger partial charge is 0.450 e. The van der Waals surface area contributed by atoms with Gasteiger partial charge in [-0.2, -0.15) is 0 Å². The van der Waals surface area contributed by atoms with Crippen LogP contribution >= 0.6 is 0 Å². The van der Waals surface area contributed by atoms with Crippen LogP contribution in [0.5, 0.6) is 23.0 Å². The quantitative estimate of drug-likeness (QED) is 0.153. The molecule has 0 atom stereocenters. The Hall–Kier alpha value is -7.45. The van der Waals surface area contributed by atoms with Crippen molar-refractivity contribution in [3.63, 3.8) is 0 Å². The SMILES string of the molecule is N=C(c1cccc(-c2ccc3c(c2)Oc2cc(-c4nc(-c5ccccc5)nc(-c5ccccc5)n4)ccc2O3)c1)c1ccccc1Nc1ccncc1. The van der Waals surface area contributed by atoms with Crippen molar-refractivity contribution in [3.8, 4) is 68.3 Å². The zero-order chi connectivity index (χ0) is 35.6. The number of para-hydroxylation sites is 1. The third kappa shape index (κ3) is 6.48. The molecular formula is C45H30N6O2. The van der Waals surface area contributed by atoms with Crippen molar-refractivity contribution < 1.29 is 9.47 Å². The van der Waals surface area contributed by atoms with Gasteiger partial charge < -0.3 is 14.8 Å². The first-order valence-electron chi connectivity index (χ1n) is 17.1. The summed E-state index contributed by atoms with van der Waals surface area (Å²) >= 11 is 0. The highest BCUT2D eigenvalue weighted by atomic mass is 16.6. The van der Waals surface area contributed by atoms with Gasteiger partial charge in [0.1, 0.15) is 0 Å². The number of fused-ring (bicyclic) bond motifs is 2. The summed E-state index contributed by atoms with van der Waals surface area (Å²) in [5.74, 6) is 4.07. The summed E-state index contributed by atoms with van der Waals surface area (Å²) in [5, 5.41) is 12.6. The molecule has 9 rings (SSSR count). The van der Waals surface area contributed by atoms with E-state index < -0.39 is 0 Å². The van der Waals surface area contributed by atoms with E-state index in [2.05, 4.69) is 10.3 Å². The maximum absolute atomic E-state index is 9.17. The molecule has 252 valence electrons. The minimum Gasteiger partial charge on any atom is -0.450 e. The average Bonchev–Trinajstić information content (AvgIpc) is 3.23. The number of anilines is 2. The van der Waals surface area contributed by atoms with Gasteiger partial charge in [-0.05, 0) is 65.7 Å². The van der Waals surface area contributed by atoms with Gasteiger partial charge in [-0.1, -0.05) is 103 Å². The van der Waals surface area contributed by atoms with E-state index in [4.69, 9.17) is 24.4 Å². The van der Waals surface area contributed by atoms with E-state index in [1.807, 2.05) is 158 Å². The summed E-state index contributed by atoms with van der Waals surface area (Å²) in [4.78, 5) is 18.7. The second kappa shape index (κ2) is 13.7. The average molecular weight is 687 g/mol. The smallest absolute Gasteiger partial charge is 0.170 e. The lowest BCUT2D eigenvalue weighted by atomic mass is 9.96. The molecule has 0 fully saturated rings. The van der Waals surface area contributed by atoms with E-state index in [0.717, 1.165) is 50.3 Å². The van der Waals surface area contributed by atoms with Gasteiger partial charge in [0.15, 0.2) is 40.5 Å². The molecule has 0 bridgehead atoms. The summed E-state index contributed by atoms with van der Waals surface area (Å²) in [6.07, 6.45) is 3.48. The lowest BCUT2D eigenvalue weighted by molar-refractivity contribution is 0.360. The van der Waals surface area contributed by atoms with Crippen LogP contribution in [0.25, 0.3) is 45.3 Å². The lowest BCUT2D eigenvalue weighted by Gasteiger charge is -2.22. The molecule has 8 heteroatoms. The van der Waals surface area contributed by atoms with E-state index in [-0.39, 0.29) is 0 Å². The van der Waals surface area contributed by atoms with E-state index in [9.17, 15) is 5.41 Å². The molecule has 0 unspecified atom stereocenters. The summed E-state index contributed by atoms with van der Waals surface area (Å²) in [6.45, 7) is 0. The zero-order valence-corrected chi connectivity index (χ0v) is 28.3. The first-order chi connectivity index (χ1) is 26.1. The topological polar surface area (TPSA) is 106 Å². The number of nitrogens with one attached hydrogen (secondary N) is 2. The van der Waals surface area contributed by atoms with Crippen molar-refractivity contribution in [3.05, 3.63) is 181 Å². The molecule has 0 radical (unpaired) electrons. The van der Waals surface area contributed by atoms with Gasteiger partial charge in [-0.25, -0.2) is 15.0 Å². The van der Waals surface area contributed by atoms with Gasteiger partial charge in [0.05, 0.1) is 5.71 Å². The molecule has 0 spiro atoms. The van der Waals surface area contributed by atoms with Crippen molar-refractivity contribution in [1.82, 2.24) is 19.9 Å². The summed E-state index contributed by atoms with van der Waals surface area (Å²) in [6, 6.07) is 51.0. The van der Waals surface area contributed by atoms with Crippen molar-refractivity contribution in [1.29, 1.82) is 5.41 Å². The summed E-state index contributed by atoms with van der Waals surface area (Å²) in [7, 11) is 0. The molecule has 1 aliphatic rings. The van der Waals surface area contributed by atoms with E-state index >= 15 is 0 Å². The van der Waals surface area contributed by atoms with Crippen LogP contribution in [0, 0.1) is 5.41 Å². The highest BCUT2D eigenvalue weighted by Crippen LogP contribution is 2.47. The van der Waals surface area contributed by atoms with Crippen LogP contribution in [0.2, 0.25) is 0 Å². The van der Waals surface area contributed by atoms with Crippen molar-refractivity contribution in [2.45, 2.75) is 0 Å². The van der Waals surface area contributed by atoms with Crippen LogP contribution in [0.3, 0.4) is 0 Å². The highest BCUT2D eigenvalue weighted by Gasteiger charge is 2.22. The minimum absolute atomic E-state index is 0.409. The molecule has 0 aliphatic carbocycles. The molecule has 0 saturated heterocycles. The Bertz CT molecular complexity index is 2560. The molecule has 6 aromatic carbocycles. The lowest BCUT2D eigenvalue weighted by Crippen LogP contribution is -2.05. The fourth-order valence-corrected chi connectivity index (χ4v) is 6.25. The Morgan fingerprint density at radius 3 is 1.66 bits per heavy atom. The molecular weight excluding hydrogens is 657 g/mol. The van der Waals surface area contributed by atoms with Crippen LogP contribution in [0.15, 0.2) is 170 Å². The van der Waals surface area contributed by atoms with Gasteiger partial charge >= 0.3 is 0 Å². The number of nitrogens with zero attached hydrogens (tertiary/aromatic N) is 4. The molecule has 3 heterocycles. The fourth-order valence-electron chi connectivity index (χ4n) is 6.25. The number of ether oxygens (including phenoxy) is 2. The van der Waals surface area contributed by atoms with Gasteiger partial charge in [-0.15, -0.1) is 0 Å². The van der Waals surface area contributed by atoms with Gasteiger partial charge in [0, 0.05) is 51.6 Å². The summed E-state index contributed by atoms with van der Waals surface area (Å²) in [5.41, 5.74) is 8.19. The van der Waals surface area contributed by atoms with Gasteiger partial charge in [0.2, 0.25) is 0 Å². The maximum Gasteiger partial charge on any atom is 0.170 e. The molecule has 8 nitrogen and oxygen atoms in total. The normalized spacial score (nSPS) is 11.4. The third-order valence-corrected chi connectivity index (χ3v) is 8.93. The van der Waals surface area contributed by atoms with Gasteiger partial charge in [-0.3, -0.25) is 10.4 Å². The Balaban J connectivity index is 1.01. The first-order valence-corrected chi connectivity index (χ1v) is 17.1. The van der Waals surface area contributed by atoms with Gasteiger partial charge in [0.25, 0.3) is 0 Å². The zero-order valence-electron chi connectivity index (χ0n) is 28.3. The standard InChI is InChI=1S/C45H30N6O2/c46-42(36-16-7-8-17-37(36)48-35-22-24-47-25-23-35)33-15-9-14-31(26-33)32-18-20-38-40(27-32)53-41-28-34(19-21-39(41)52-38)45-50-43(29-10-3-1-4-11-29)49-44(51-45)30-12-5-2-6-13-30/h1-28,46H,(H,47,48). The van der Waals surface area contributed by atoms with E-state index in [1.54, 1.807) is 12.4 Å². The van der Waals surface area contributed by atoms with Crippen molar-refractivity contribution in [2.75, 3.05) is 5.32 Å². The van der Waals surface area contributed by atoms with E-state index in [0.29, 0.717) is 46.2 Å².